The van der Waals surface area contributed by atoms with Gasteiger partial charge in [-0.1, -0.05) is 12.1 Å². The molecule has 1 fully saturated rings. The molecule has 1 saturated heterocycles. The van der Waals surface area contributed by atoms with Gasteiger partial charge < -0.3 is 29.0 Å². The van der Waals surface area contributed by atoms with Crippen molar-refractivity contribution in [2.45, 2.75) is 12.6 Å². The number of phenolic OH excluding ortho intramolecular Hbond substituents is 1. The normalized spacial score (nSPS) is 17.6. The van der Waals surface area contributed by atoms with Gasteiger partial charge >= 0.3 is 0 Å². The van der Waals surface area contributed by atoms with E-state index in [2.05, 4.69) is 0 Å². The number of aromatic hydroxyl groups is 1. The number of aliphatic hydroxyl groups is 1. The van der Waals surface area contributed by atoms with Gasteiger partial charge in [-0.3, -0.25) is 9.59 Å². The number of amides is 1. The van der Waals surface area contributed by atoms with Gasteiger partial charge in [0.25, 0.3) is 11.7 Å². The number of Topliss-reactive ketones (excluding diaryl/α,β-unsaturated/α-hetero) is 1. The van der Waals surface area contributed by atoms with Gasteiger partial charge in [-0.15, -0.1) is 0 Å². The Balaban J connectivity index is 1.90. The fourth-order valence-electron chi connectivity index (χ4n) is 3.79. The number of ether oxygens (including phenoxy) is 2. The number of nitrogens with zero attached hydrogens (tertiary/aromatic N) is 1. The number of aliphatic hydroxyl groups excluding tert-OH is 1. The van der Waals surface area contributed by atoms with E-state index in [-0.39, 0.29) is 29.2 Å². The molecule has 2 N–H and O–H groups in total. The van der Waals surface area contributed by atoms with E-state index in [4.69, 9.17) is 13.9 Å². The molecule has 1 atom stereocenters. The predicted octanol–water partition coefficient (Wildman–Crippen LogP) is 3.62. The second-order valence-corrected chi connectivity index (χ2v) is 7.17. The summed E-state index contributed by atoms with van der Waals surface area (Å²) in [6.07, 6.45) is 1.47. The summed E-state index contributed by atoms with van der Waals surface area (Å²) in [6, 6.07) is 13.3. The minimum absolute atomic E-state index is 0.00836. The lowest BCUT2D eigenvalue weighted by atomic mass is 9.94. The number of rotatable bonds is 6. The summed E-state index contributed by atoms with van der Waals surface area (Å²) in [5, 5.41) is 21.2. The summed E-state index contributed by atoms with van der Waals surface area (Å²) in [5.41, 5.74) is 0.579. The van der Waals surface area contributed by atoms with Crippen molar-refractivity contribution in [2.24, 2.45) is 0 Å². The molecule has 3 aromatic rings. The number of hydrogen-bond donors (Lipinski definition) is 2. The second kappa shape index (κ2) is 8.50. The van der Waals surface area contributed by atoms with E-state index in [0.717, 1.165) is 0 Å². The van der Waals surface area contributed by atoms with Crippen LogP contribution in [0, 0.1) is 0 Å². The Bertz CT molecular complexity index is 1200. The number of ketones is 1. The Morgan fingerprint density at radius 2 is 1.88 bits per heavy atom. The molecule has 2 heterocycles. The van der Waals surface area contributed by atoms with Gasteiger partial charge in [0.05, 0.1) is 44.2 Å². The highest BCUT2D eigenvalue weighted by atomic mass is 16.5. The van der Waals surface area contributed by atoms with Crippen molar-refractivity contribution in [3.05, 3.63) is 83.3 Å². The van der Waals surface area contributed by atoms with E-state index >= 15 is 0 Å². The molecule has 1 aromatic heterocycles. The molecule has 2 aromatic carbocycles. The van der Waals surface area contributed by atoms with E-state index in [1.807, 2.05) is 0 Å². The quantitative estimate of drug-likeness (QED) is 0.346. The lowest BCUT2D eigenvalue weighted by Crippen LogP contribution is -2.29. The first kappa shape index (κ1) is 21.0. The highest BCUT2D eigenvalue weighted by Crippen LogP contribution is 2.42. The van der Waals surface area contributed by atoms with Crippen molar-refractivity contribution >= 4 is 17.4 Å². The average molecular weight is 435 g/mol. The highest BCUT2D eigenvalue weighted by molar-refractivity contribution is 6.46. The molecule has 4 rings (SSSR count). The molecule has 0 radical (unpaired) electrons. The average Bonchev–Trinajstić information content (AvgIpc) is 3.40. The number of phenols is 1. The third-order valence-electron chi connectivity index (χ3n) is 5.30. The summed E-state index contributed by atoms with van der Waals surface area (Å²) in [5.74, 6) is -0.815. The van der Waals surface area contributed by atoms with Crippen molar-refractivity contribution in [2.75, 3.05) is 14.2 Å². The van der Waals surface area contributed by atoms with Gasteiger partial charge in [-0.2, -0.15) is 0 Å². The fourth-order valence-corrected chi connectivity index (χ4v) is 3.79. The Morgan fingerprint density at radius 1 is 1.06 bits per heavy atom. The third kappa shape index (κ3) is 3.66. The van der Waals surface area contributed by atoms with Crippen LogP contribution in [0.25, 0.3) is 5.76 Å². The first-order valence-electron chi connectivity index (χ1n) is 9.76. The molecule has 1 unspecified atom stereocenters. The summed E-state index contributed by atoms with van der Waals surface area (Å²) >= 11 is 0. The molecule has 0 spiro atoms. The number of carbonyl (C=O) groups excluding carboxylic acids is 2. The summed E-state index contributed by atoms with van der Waals surface area (Å²) in [4.78, 5) is 27.4. The number of furan rings is 1. The zero-order chi connectivity index (χ0) is 22.8. The van der Waals surface area contributed by atoms with E-state index in [1.165, 1.54) is 37.5 Å². The smallest absolute Gasteiger partial charge is 0.296 e. The fraction of sp³-hybridized carbons (Fsp3) is 0.167. The van der Waals surface area contributed by atoms with Crippen LogP contribution in [-0.4, -0.2) is 41.0 Å². The molecular weight excluding hydrogens is 414 g/mol. The van der Waals surface area contributed by atoms with Crippen LogP contribution in [0.3, 0.4) is 0 Å². The molecule has 8 heteroatoms. The van der Waals surface area contributed by atoms with Crippen LogP contribution >= 0.6 is 0 Å². The van der Waals surface area contributed by atoms with Crippen molar-refractivity contribution in [1.29, 1.82) is 0 Å². The zero-order valence-corrected chi connectivity index (χ0v) is 17.4. The van der Waals surface area contributed by atoms with Crippen molar-refractivity contribution < 1.29 is 33.7 Å². The maximum atomic E-state index is 13.1. The number of methoxy groups -OCH3 is 2. The molecule has 0 saturated carbocycles. The SMILES string of the molecule is COc1ccc(/C(O)=C2/C(=O)C(=O)N(Cc3ccco3)C2c2cccc(O)c2)c(OC)c1. The van der Waals surface area contributed by atoms with Crippen LogP contribution in [0.1, 0.15) is 22.9 Å². The van der Waals surface area contributed by atoms with Gasteiger partial charge in [0.1, 0.15) is 28.8 Å². The number of hydrogen-bond acceptors (Lipinski definition) is 7. The molecule has 1 aliphatic rings. The molecule has 1 aliphatic heterocycles. The minimum atomic E-state index is -0.945. The largest absolute Gasteiger partial charge is 0.508 e. The van der Waals surface area contributed by atoms with Crippen LogP contribution < -0.4 is 9.47 Å². The maximum absolute atomic E-state index is 13.1. The zero-order valence-electron chi connectivity index (χ0n) is 17.4. The van der Waals surface area contributed by atoms with Crippen LogP contribution in [0.4, 0.5) is 0 Å². The molecule has 1 amide bonds. The Labute approximate surface area is 183 Å². The minimum Gasteiger partial charge on any atom is -0.508 e. The van der Waals surface area contributed by atoms with E-state index in [1.54, 1.807) is 42.5 Å². The van der Waals surface area contributed by atoms with Gasteiger partial charge in [-0.05, 0) is 42.0 Å². The van der Waals surface area contributed by atoms with Gasteiger partial charge in [0.2, 0.25) is 0 Å². The molecule has 32 heavy (non-hydrogen) atoms. The predicted molar refractivity (Wildman–Crippen MR) is 114 cm³/mol. The second-order valence-electron chi connectivity index (χ2n) is 7.17. The Morgan fingerprint density at radius 3 is 2.53 bits per heavy atom. The summed E-state index contributed by atoms with van der Waals surface area (Å²) in [7, 11) is 2.92. The lowest BCUT2D eigenvalue weighted by Gasteiger charge is -2.24. The standard InChI is InChI=1S/C24H21NO7/c1-30-16-8-9-18(19(12-16)31-2)22(27)20-21(14-5-3-6-15(26)11-14)25(24(29)23(20)28)13-17-7-4-10-32-17/h3-12,21,26-27H,13H2,1-2H3/b22-20-. The molecule has 8 nitrogen and oxygen atoms in total. The van der Waals surface area contributed by atoms with E-state index < -0.39 is 23.5 Å². The number of benzene rings is 2. The van der Waals surface area contributed by atoms with Crippen LogP contribution in [0.2, 0.25) is 0 Å². The number of carbonyl (C=O) groups is 2. The van der Waals surface area contributed by atoms with Gasteiger partial charge in [0, 0.05) is 6.07 Å². The van der Waals surface area contributed by atoms with Gasteiger partial charge in [0.15, 0.2) is 0 Å². The molecule has 164 valence electrons. The monoisotopic (exact) mass is 435 g/mol. The summed E-state index contributed by atoms with van der Waals surface area (Å²) < 4.78 is 15.9. The molecule has 0 aliphatic carbocycles. The molecular formula is C24H21NO7. The van der Waals surface area contributed by atoms with Crippen molar-refractivity contribution in [3.63, 3.8) is 0 Å². The topological polar surface area (TPSA) is 109 Å². The van der Waals surface area contributed by atoms with Crippen molar-refractivity contribution in [3.8, 4) is 17.2 Å². The van der Waals surface area contributed by atoms with Crippen LogP contribution in [0.5, 0.6) is 17.2 Å². The number of likely N-dealkylation sites (tertiary alicyclic amines) is 1. The molecule has 0 bridgehead atoms. The highest BCUT2D eigenvalue weighted by Gasteiger charge is 2.46. The Hall–Kier alpha value is -4.20. The lowest BCUT2D eigenvalue weighted by molar-refractivity contribution is -0.140. The van der Waals surface area contributed by atoms with Crippen molar-refractivity contribution in [1.82, 2.24) is 4.90 Å². The van der Waals surface area contributed by atoms with E-state index in [0.29, 0.717) is 17.1 Å². The first-order chi connectivity index (χ1) is 15.4. The van der Waals surface area contributed by atoms with Crippen LogP contribution in [-0.2, 0) is 16.1 Å². The third-order valence-corrected chi connectivity index (χ3v) is 5.30. The van der Waals surface area contributed by atoms with Gasteiger partial charge in [-0.25, -0.2) is 0 Å². The van der Waals surface area contributed by atoms with Crippen LogP contribution in [0.15, 0.2) is 70.9 Å². The van der Waals surface area contributed by atoms with E-state index in [9.17, 15) is 19.8 Å². The Kier molecular flexibility index (Phi) is 5.59. The first-order valence-corrected chi connectivity index (χ1v) is 9.76. The summed E-state index contributed by atoms with van der Waals surface area (Å²) in [6.45, 7) is 0.00836. The maximum Gasteiger partial charge on any atom is 0.296 e.